The number of rotatable bonds is 10. The number of amides is 1. The van der Waals surface area contributed by atoms with Crippen molar-refractivity contribution in [1.82, 2.24) is 24.8 Å². The molecular formula is C26H25F3N10O2. The molecule has 0 bridgehead atoms. The van der Waals surface area contributed by atoms with Crippen LogP contribution in [-0.2, 0) is 4.79 Å². The summed E-state index contributed by atoms with van der Waals surface area (Å²) >= 11 is 0. The Morgan fingerprint density at radius 3 is 2.73 bits per heavy atom. The number of benzene rings is 1. The number of nitrogens with zero attached hydrogens (tertiary/aromatic N) is 7. The van der Waals surface area contributed by atoms with Crippen molar-refractivity contribution in [2.45, 2.75) is 30.9 Å². The molecule has 1 unspecified atom stereocenters. The lowest BCUT2D eigenvalue weighted by Crippen LogP contribution is -2.62. The fourth-order valence-corrected chi connectivity index (χ4v) is 4.25. The first-order valence-electron chi connectivity index (χ1n) is 12.2. The van der Waals surface area contributed by atoms with Gasteiger partial charge >= 0.3 is 6.18 Å². The molecule has 3 aromatic rings. The lowest BCUT2D eigenvalue weighted by Gasteiger charge is -2.46. The highest BCUT2D eigenvalue weighted by Gasteiger charge is 2.44. The summed E-state index contributed by atoms with van der Waals surface area (Å²) in [5.41, 5.74) is 8.24. The second kappa shape index (κ2) is 12.0. The van der Waals surface area contributed by atoms with E-state index in [1.165, 1.54) is 17.3 Å². The number of hydrogen-bond donors (Lipinski definition) is 4. The van der Waals surface area contributed by atoms with Gasteiger partial charge in [0.2, 0.25) is 5.91 Å². The van der Waals surface area contributed by atoms with Crippen LogP contribution in [0.25, 0.3) is 22.5 Å². The number of nitrogens with one attached hydrogen (secondary N) is 2. The number of carbonyl (C=O) groups is 1. The van der Waals surface area contributed by atoms with Gasteiger partial charge in [0, 0.05) is 47.9 Å². The maximum Gasteiger partial charge on any atom is 0.401 e. The van der Waals surface area contributed by atoms with Gasteiger partial charge in [-0.2, -0.15) is 28.8 Å². The molecule has 2 aromatic heterocycles. The Morgan fingerprint density at radius 1 is 1.27 bits per heavy atom. The van der Waals surface area contributed by atoms with Crippen molar-refractivity contribution in [3.63, 3.8) is 0 Å². The molecule has 0 aliphatic carbocycles. The number of hydrogen-bond acceptors (Lipinski definition) is 10. The number of imidazole rings is 1. The lowest BCUT2D eigenvalue weighted by molar-refractivity contribution is -0.137. The van der Waals surface area contributed by atoms with Crippen molar-refractivity contribution in [1.29, 1.82) is 10.5 Å². The minimum absolute atomic E-state index is 0.0852. The average molecular weight is 567 g/mol. The predicted molar refractivity (Wildman–Crippen MR) is 143 cm³/mol. The third kappa shape index (κ3) is 6.96. The van der Waals surface area contributed by atoms with Gasteiger partial charge in [-0.25, -0.2) is 9.50 Å². The second-order valence-electron chi connectivity index (χ2n) is 9.31. The third-order valence-electron chi connectivity index (χ3n) is 6.27. The highest BCUT2D eigenvalue weighted by atomic mass is 19.4. The quantitative estimate of drug-likeness (QED) is 0.211. The summed E-state index contributed by atoms with van der Waals surface area (Å²) in [6.45, 7) is -0.913. The first-order chi connectivity index (χ1) is 19.6. The van der Waals surface area contributed by atoms with Crippen LogP contribution in [0.3, 0.4) is 0 Å². The van der Waals surface area contributed by atoms with E-state index in [9.17, 15) is 28.3 Å². The van der Waals surface area contributed by atoms with Crippen LogP contribution < -0.4 is 16.4 Å². The van der Waals surface area contributed by atoms with E-state index in [1.54, 1.807) is 47.2 Å². The molecule has 0 spiro atoms. The molecule has 0 saturated carbocycles. The van der Waals surface area contributed by atoms with Crippen LogP contribution in [0.15, 0.2) is 53.9 Å². The zero-order chi connectivity index (χ0) is 29.6. The summed E-state index contributed by atoms with van der Waals surface area (Å²) < 4.78 is 38.7. The summed E-state index contributed by atoms with van der Waals surface area (Å²) in [6, 6.07) is 12.3. The topological polar surface area (TPSA) is 181 Å². The highest BCUT2D eigenvalue weighted by Crippen LogP contribution is 2.30. The summed E-state index contributed by atoms with van der Waals surface area (Å²) in [4.78, 5) is 22.4. The molecule has 1 saturated heterocycles. The Morgan fingerprint density at radius 2 is 2.05 bits per heavy atom. The maximum atomic E-state index is 12.4. The van der Waals surface area contributed by atoms with E-state index < -0.39 is 24.6 Å². The van der Waals surface area contributed by atoms with E-state index in [4.69, 9.17) is 11.0 Å². The molecule has 1 aliphatic heterocycles. The van der Waals surface area contributed by atoms with Crippen molar-refractivity contribution < 1.29 is 23.1 Å². The van der Waals surface area contributed by atoms with Crippen LogP contribution >= 0.6 is 0 Å². The van der Waals surface area contributed by atoms with Crippen LogP contribution in [0.1, 0.15) is 18.4 Å². The molecule has 12 nitrogen and oxygen atoms in total. The average Bonchev–Trinajstić information content (AvgIpc) is 3.34. The van der Waals surface area contributed by atoms with Gasteiger partial charge in [0.05, 0.1) is 43.2 Å². The molecular weight excluding hydrogens is 541 g/mol. The Hall–Kier alpha value is -4.99. The number of nitrogens with two attached hydrogens (primary N) is 1. The van der Waals surface area contributed by atoms with Crippen molar-refractivity contribution >= 4 is 29.0 Å². The summed E-state index contributed by atoms with van der Waals surface area (Å²) in [5, 5.41) is 36.8. The number of aromatic nitrogens is 3. The fraction of sp³-hybridized carbons (Fsp3) is 0.308. The monoisotopic (exact) mass is 566 g/mol. The minimum atomic E-state index is -4.47. The van der Waals surface area contributed by atoms with Crippen molar-refractivity contribution in [2.24, 2.45) is 10.7 Å². The molecule has 1 aliphatic rings. The molecule has 3 heterocycles. The van der Waals surface area contributed by atoms with E-state index in [0.717, 1.165) is 0 Å². The Bertz CT molecular complexity index is 1560. The number of aliphatic hydroxyl groups is 1. The number of aliphatic imine (C=N–C) groups is 1. The van der Waals surface area contributed by atoms with Gasteiger partial charge in [0.25, 0.3) is 0 Å². The normalized spacial score (nSPS) is 15.8. The molecule has 212 valence electrons. The number of alkyl halides is 3. The van der Waals surface area contributed by atoms with E-state index in [2.05, 4.69) is 26.5 Å². The third-order valence-corrected chi connectivity index (χ3v) is 6.27. The number of anilines is 1. The number of likely N-dealkylation sites (tertiary alicyclic amines) is 1. The molecule has 1 fully saturated rings. The van der Waals surface area contributed by atoms with Crippen LogP contribution in [0, 0.1) is 22.7 Å². The molecule has 41 heavy (non-hydrogen) atoms. The van der Waals surface area contributed by atoms with Crippen LogP contribution in [-0.4, -0.2) is 74.4 Å². The Kier molecular flexibility index (Phi) is 8.51. The van der Waals surface area contributed by atoms with Gasteiger partial charge in [-0.05, 0) is 18.2 Å². The summed E-state index contributed by atoms with van der Waals surface area (Å²) in [7, 11) is 0. The van der Waals surface area contributed by atoms with Crippen LogP contribution in [0.4, 0.5) is 18.9 Å². The van der Waals surface area contributed by atoms with E-state index in [1.807, 2.05) is 11.4 Å². The second-order valence-corrected chi connectivity index (χ2v) is 9.31. The Balaban J connectivity index is 1.50. The number of aliphatic hydroxyl groups excluding tert-OH is 1. The molecule has 1 atom stereocenters. The molecule has 4 rings (SSSR count). The SMILES string of the molecule is N#CCC(=O)N1CC(CC#N)(N=CC(=CN)c2cnn3c(-c4cccc(NC(O)NCC(F)(F)F)c4)cnc3c2)C1. The standard InChI is InChI=1S/C26H25F3N10O2/c27-26(28,29)14-34-24(41)37-20-3-1-2-17(8-20)21-13-33-22-9-18(12-36-39(21)22)19(10-32)11-35-25(5-7-31)15-38(16-25)23(40)4-6-30/h1-3,8-13,24,34,37,41H,4-5,14-16,32H2. The molecule has 5 N–H and O–H groups in total. The smallest absolute Gasteiger partial charge is 0.401 e. The summed E-state index contributed by atoms with van der Waals surface area (Å²) in [5.74, 6) is -0.314. The van der Waals surface area contributed by atoms with Crippen molar-refractivity contribution in [3.05, 3.63) is 54.5 Å². The summed E-state index contributed by atoms with van der Waals surface area (Å²) in [6.07, 6.45) is -0.248. The first-order valence-corrected chi connectivity index (χ1v) is 12.2. The van der Waals surface area contributed by atoms with Gasteiger partial charge in [0.15, 0.2) is 12.0 Å². The zero-order valence-electron chi connectivity index (χ0n) is 21.5. The van der Waals surface area contributed by atoms with Crippen molar-refractivity contribution in [2.75, 3.05) is 25.0 Å². The van der Waals surface area contributed by atoms with Gasteiger partial charge in [-0.15, -0.1) is 0 Å². The molecule has 1 aromatic carbocycles. The number of halogens is 3. The number of allylic oxidation sites excluding steroid dienone is 1. The van der Waals surface area contributed by atoms with E-state index >= 15 is 0 Å². The van der Waals surface area contributed by atoms with Gasteiger partial charge in [-0.1, -0.05) is 12.1 Å². The highest BCUT2D eigenvalue weighted by molar-refractivity contribution is 6.10. The van der Waals surface area contributed by atoms with Crippen molar-refractivity contribution in [3.8, 4) is 23.4 Å². The fourth-order valence-electron chi connectivity index (χ4n) is 4.25. The van der Waals surface area contributed by atoms with Gasteiger partial charge in [-0.3, -0.25) is 15.1 Å². The molecule has 15 heteroatoms. The maximum absolute atomic E-state index is 12.4. The predicted octanol–water partition coefficient (Wildman–Crippen LogP) is 2.01. The minimum Gasteiger partial charge on any atom is -0.404 e. The number of fused-ring (bicyclic) bond motifs is 1. The zero-order valence-corrected chi connectivity index (χ0v) is 21.5. The largest absolute Gasteiger partial charge is 0.404 e. The Labute approximate surface area is 232 Å². The van der Waals surface area contributed by atoms with Gasteiger partial charge in [0.1, 0.15) is 12.0 Å². The molecule has 1 amide bonds. The van der Waals surface area contributed by atoms with Gasteiger partial charge < -0.3 is 21.1 Å². The van der Waals surface area contributed by atoms with E-state index in [-0.39, 0.29) is 31.8 Å². The lowest BCUT2D eigenvalue weighted by atomic mass is 9.87. The van der Waals surface area contributed by atoms with Crippen LogP contribution in [0.5, 0.6) is 0 Å². The number of carbonyl (C=O) groups excluding carboxylic acids is 1. The number of nitriles is 2. The molecule has 0 radical (unpaired) electrons. The van der Waals surface area contributed by atoms with Crippen LogP contribution in [0.2, 0.25) is 0 Å². The van der Waals surface area contributed by atoms with E-state index in [0.29, 0.717) is 33.7 Å². The first kappa shape index (κ1) is 29.0.